The summed E-state index contributed by atoms with van der Waals surface area (Å²) < 4.78 is 1.40. The molecule has 1 aliphatic rings. The first-order chi connectivity index (χ1) is 12.5. The number of carbonyl (C=O) groups excluding carboxylic acids is 1. The number of likely N-dealkylation sites (tertiary alicyclic amines) is 1. The molecule has 0 bridgehead atoms. The van der Waals surface area contributed by atoms with E-state index in [1.807, 2.05) is 37.3 Å². The number of tetrazole rings is 1. The molecule has 2 aromatic heterocycles. The van der Waals surface area contributed by atoms with E-state index in [0.29, 0.717) is 25.9 Å². The van der Waals surface area contributed by atoms with Gasteiger partial charge in [-0.15, -0.1) is 5.10 Å². The lowest BCUT2D eigenvalue weighted by Gasteiger charge is -2.38. The van der Waals surface area contributed by atoms with Crippen LogP contribution in [-0.2, 0) is 16.9 Å². The number of benzene rings is 1. The lowest BCUT2D eigenvalue weighted by molar-refractivity contribution is -0.136. The van der Waals surface area contributed by atoms with Crippen LogP contribution in [0.3, 0.4) is 0 Å². The number of pyridine rings is 1. The highest BCUT2D eigenvalue weighted by molar-refractivity contribution is 5.79. The summed E-state index contributed by atoms with van der Waals surface area (Å²) in [6.07, 6.45) is 2.42. The second-order valence-corrected chi connectivity index (χ2v) is 6.78. The highest BCUT2D eigenvalue weighted by Gasteiger charge is 2.35. The Morgan fingerprint density at radius 3 is 2.77 bits per heavy atom. The van der Waals surface area contributed by atoms with Crippen LogP contribution in [0.4, 0.5) is 0 Å². The zero-order valence-electron chi connectivity index (χ0n) is 14.5. The molecule has 1 amide bonds. The van der Waals surface area contributed by atoms with E-state index in [1.165, 1.54) is 11.0 Å². The Morgan fingerprint density at radius 2 is 2.04 bits per heavy atom. The zero-order chi connectivity index (χ0) is 18.1. The van der Waals surface area contributed by atoms with Crippen molar-refractivity contribution in [3.63, 3.8) is 0 Å². The predicted molar refractivity (Wildman–Crippen MR) is 94.0 cm³/mol. The highest BCUT2D eigenvalue weighted by Crippen LogP contribution is 2.34. The molecule has 1 aromatic carbocycles. The molecule has 1 fully saturated rings. The molecule has 1 aliphatic heterocycles. The summed E-state index contributed by atoms with van der Waals surface area (Å²) in [5.74, 6) is -0.0439. The Labute approximate surface area is 150 Å². The van der Waals surface area contributed by atoms with Gasteiger partial charge in [-0.05, 0) is 54.0 Å². The smallest absolute Gasteiger partial charge is 0.244 e. The molecule has 0 aliphatic carbocycles. The fraction of sp³-hybridized carbons (Fsp3) is 0.389. The Kier molecular flexibility index (Phi) is 4.12. The molecule has 0 spiro atoms. The van der Waals surface area contributed by atoms with Gasteiger partial charge in [0.1, 0.15) is 12.9 Å². The fourth-order valence-corrected chi connectivity index (χ4v) is 3.42. The van der Waals surface area contributed by atoms with Crippen molar-refractivity contribution >= 4 is 16.8 Å². The Morgan fingerprint density at radius 1 is 1.23 bits per heavy atom. The first-order valence-corrected chi connectivity index (χ1v) is 8.62. The number of amides is 1. The maximum absolute atomic E-state index is 12.3. The first kappa shape index (κ1) is 16.6. The number of hydrogen-bond donors (Lipinski definition) is 1. The fourth-order valence-electron chi connectivity index (χ4n) is 3.42. The van der Waals surface area contributed by atoms with Crippen molar-refractivity contribution in [2.24, 2.45) is 0 Å². The van der Waals surface area contributed by atoms with Gasteiger partial charge in [0.05, 0.1) is 11.1 Å². The monoisotopic (exact) mass is 352 g/mol. The molecule has 3 heterocycles. The number of aromatic nitrogens is 5. The molecule has 26 heavy (non-hydrogen) atoms. The predicted octanol–water partition coefficient (Wildman–Crippen LogP) is 1.04. The molecule has 0 saturated carbocycles. The lowest BCUT2D eigenvalue weighted by atomic mass is 9.84. The minimum atomic E-state index is -0.926. The van der Waals surface area contributed by atoms with Crippen LogP contribution in [0.2, 0.25) is 0 Å². The van der Waals surface area contributed by atoms with E-state index >= 15 is 0 Å². The van der Waals surface area contributed by atoms with E-state index in [2.05, 4.69) is 20.5 Å². The standard InChI is InChI=1S/C18H20N6O2/c1-13-2-3-14-10-15(4-5-16(14)20-13)18(26)6-8-23(9-7-18)17(25)11-24-12-19-21-22-24/h2-5,10,12,26H,6-9,11H2,1H3. The van der Waals surface area contributed by atoms with Crippen LogP contribution in [0.25, 0.3) is 10.9 Å². The van der Waals surface area contributed by atoms with Crippen molar-refractivity contribution in [3.05, 3.63) is 47.9 Å². The molecule has 4 rings (SSSR count). The number of hydrogen-bond acceptors (Lipinski definition) is 6. The van der Waals surface area contributed by atoms with Crippen LogP contribution in [-0.4, -0.2) is 54.2 Å². The second kappa shape index (κ2) is 6.45. The van der Waals surface area contributed by atoms with Gasteiger partial charge in [-0.2, -0.15) is 0 Å². The van der Waals surface area contributed by atoms with E-state index < -0.39 is 5.60 Å². The number of rotatable bonds is 3. The molecule has 0 unspecified atom stereocenters. The number of fused-ring (bicyclic) bond motifs is 1. The molecule has 134 valence electrons. The molecule has 1 N–H and O–H groups in total. The number of nitrogens with zero attached hydrogens (tertiary/aromatic N) is 6. The first-order valence-electron chi connectivity index (χ1n) is 8.62. The third-order valence-electron chi connectivity index (χ3n) is 5.00. The van der Waals surface area contributed by atoms with Gasteiger partial charge >= 0.3 is 0 Å². The van der Waals surface area contributed by atoms with Crippen LogP contribution in [0.15, 0.2) is 36.7 Å². The van der Waals surface area contributed by atoms with Gasteiger partial charge < -0.3 is 10.0 Å². The van der Waals surface area contributed by atoms with Gasteiger partial charge in [-0.1, -0.05) is 12.1 Å². The summed E-state index contributed by atoms with van der Waals surface area (Å²) in [5.41, 5.74) is 1.85. The topological polar surface area (TPSA) is 97.0 Å². The largest absolute Gasteiger partial charge is 0.385 e. The summed E-state index contributed by atoms with van der Waals surface area (Å²) in [7, 11) is 0. The Bertz CT molecular complexity index is 932. The van der Waals surface area contributed by atoms with Gasteiger partial charge in [0.15, 0.2) is 0 Å². The highest BCUT2D eigenvalue weighted by atomic mass is 16.3. The Hall–Kier alpha value is -2.87. The van der Waals surface area contributed by atoms with E-state index in [9.17, 15) is 9.90 Å². The Balaban J connectivity index is 1.47. The summed E-state index contributed by atoms with van der Waals surface area (Å²) in [6.45, 7) is 3.08. The van der Waals surface area contributed by atoms with Crippen LogP contribution < -0.4 is 0 Å². The zero-order valence-corrected chi connectivity index (χ0v) is 14.5. The molecular weight excluding hydrogens is 332 g/mol. The molecule has 8 nitrogen and oxygen atoms in total. The summed E-state index contributed by atoms with van der Waals surface area (Å²) in [4.78, 5) is 18.6. The minimum absolute atomic E-state index is 0.0439. The van der Waals surface area contributed by atoms with E-state index in [1.54, 1.807) is 4.90 Å². The summed E-state index contributed by atoms with van der Waals surface area (Å²) in [6, 6.07) is 9.88. The van der Waals surface area contributed by atoms with E-state index in [-0.39, 0.29) is 12.5 Å². The number of aryl methyl sites for hydroxylation is 1. The molecule has 0 radical (unpaired) electrons. The van der Waals surface area contributed by atoms with Crippen molar-refractivity contribution in [3.8, 4) is 0 Å². The number of piperidine rings is 1. The van der Waals surface area contributed by atoms with Gasteiger partial charge in [-0.25, -0.2) is 4.68 Å². The average Bonchev–Trinajstić information content (AvgIpc) is 3.14. The summed E-state index contributed by atoms with van der Waals surface area (Å²) >= 11 is 0. The van der Waals surface area contributed by atoms with E-state index in [4.69, 9.17) is 0 Å². The van der Waals surface area contributed by atoms with Crippen molar-refractivity contribution in [1.29, 1.82) is 0 Å². The van der Waals surface area contributed by atoms with Gasteiger partial charge in [0.2, 0.25) is 5.91 Å². The van der Waals surface area contributed by atoms with Crippen molar-refractivity contribution < 1.29 is 9.90 Å². The van der Waals surface area contributed by atoms with Crippen molar-refractivity contribution in [1.82, 2.24) is 30.1 Å². The second-order valence-electron chi connectivity index (χ2n) is 6.78. The summed E-state index contributed by atoms with van der Waals surface area (Å²) in [5, 5.41) is 22.9. The van der Waals surface area contributed by atoms with Crippen molar-refractivity contribution in [2.75, 3.05) is 13.1 Å². The number of aliphatic hydroxyl groups is 1. The van der Waals surface area contributed by atoms with Gasteiger partial charge in [0.25, 0.3) is 0 Å². The molecule has 1 saturated heterocycles. The van der Waals surface area contributed by atoms with Crippen LogP contribution in [0.1, 0.15) is 24.1 Å². The van der Waals surface area contributed by atoms with Crippen LogP contribution >= 0.6 is 0 Å². The molecule has 8 heteroatoms. The van der Waals surface area contributed by atoms with Crippen molar-refractivity contribution in [2.45, 2.75) is 31.9 Å². The maximum Gasteiger partial charge on any atom is 0.244 e. The van der Waals surface area contributed by atoms with Gasteiger partial charge in [-0.3, -0.25) is 9.78 Å². The van der Waals surface area contributed by atoms with E-state index in [0.717, 1.165) is 22.2 Å². The molecular formula is C18H20N6O2. The van der Waals surface area contributed by atoms with Crippen LogP contribution in [0.5, 0.6) is 0 Å². The third kappa shape index (κ3) is 3.15. The molecule has 3 aromatic rings. The SMILES string of the molecule is Cc1ccc2cc(C3(O)CCN(C(=O)Cn4cnnn4)CC3)ccc2n1. The third-order valence-corrected chi connectivity index (χ3v) is 5.00. The van der Waals surface area contributed by atoms with Crippen LogP contribution in [0, 0.1) is 6.92 Å². The van der Waals surface area contributed by atoms with Gasteiger partial charge in [0, 0.05) is 24.2 Å². The normalized spacial score (nSPS) is 16.8. The molecule has 0 atom stereocenters. The quantitative estimate of drug-likeness (QED) is 0.756. The number of carbonyl (C=O) groups is 1. The average molecular weight is 352 g/mol. The lowest BCUT2D eigenvalue weighted by Crippen LogP contribution is -2.46. The maximum atomic E-state index is 12.3. The minimum Gasteiger partial charge on any atom is -0.385 e.